The van der Waals surface area contributed by atoms with Crippen LogP contribution in [0.25, 0.3) is 11.1 Å². The third kappa shape index (κ3) is 6.60. The number of pyridine rings is 1. The van der Waals surface area contributed by atoms with Crippen molar-refractivity contribution in [1.29, 1.82) is 0 Å². The predicted octanol–water partition coefficient (Wildman–Crippen LogP) is 6.29. The van der Waals surface area contributed by atoms with Crippen molar-refractivity contribution in [2.45, 2.75) is 32.1 Å². The van der Waals surface area contributed by atoms with E-state index in [0.717, 1.165) is 47.5 Å². The maximum absolute atomic E-state index is 13.7. The number of carbonyl (C=O) groups excluding carboxylic acids is 1. The summed E-state index contributed by atoms with van der Waals surface area (Å²) in [5.41, 5.74) is 4.34. The lowest BCUT2D eigenvalue weighted by Gasteiger charge is -2.26. The number of hydrogen-bond donors (Lipinski definition) is 0. The monoisotopic (exact) mass is 496 g/mol. The molecule has 0 spiro atoms. The van der Waals surface area contributed by atoms with Gasteiger partial charge >= 0.3 is 0 Å². The fraction of sp³-hybridized carbons (Fsp3) is 0.226. The summed E-state index contributed by atoms with van der Waals surface area (Å²) in [4.78, 5) is 19.6. The molecule has 188 valence electrons. The Labute approximate surface area is 216 Å². The first-order valence-corrected chi connectivity index (χ1v) is 12.5. The van der Waals surface area contributed by atoms with Crippen molar-refractivity contribution in [3.05, 3.63) is 120 Å². The second-order valence-corrected chi connectivity index (χ2v) is 9.20. The maximum atomic E-state index is 13.7. The van der Waals surface area contributed by atoms with Crippen LogP contribution in [0, 0.1) is 5.82 Å². The zero-order chi connectivity index (χ0) is 25.5. The highest BCUT2D eigenvalue weighted by atomic mass is 19.1. The van der Waals surface area contributed by atoms with Crippen molar-refractivity contribution in [2.24, 2.45) is 0 Å². The fourth-order valence-corrected chi connectivity index (χ4v) is 4.47. The summed E-state index contributed by atoms with van der Waals surface area (Å²) in [6, 6.07) is 25.5. The lowest BCUT2D eigenvalue weighted by molar-refractivity contribution is 0.0507. The standard InChI is InChI=1S/C31H29FN2O3/c32-28-12-10-25(11-13-28)26-5-1-6-27(18-26)31(35)34(21-30-7-3-17-36-30)20-23-8-14-29(15-9-23)37-22-24-4-2-16-33-19-24/h1-2,4-6,8-16,18-19,30H,3,7,17,20-22H2. The average Bonchev–Trinajstić information content (AvgIpc) is 3.46. The number of benzene rings is 3. The number of aromatic nitrogens is 1. The van der Waals surface area contributed by atoms with Crippen LogP contribution in [0.5, 0.6) is 5.75 Å². The summed E-state index contributed by atoms with van der Waals surface area (Å²) >= 11 is 0. The molecule has 0 saturated carbocycles. The molecule has 1 fully saturated rings. The molecule has 0 radical (unpaired) electrons. The molecule has 5 nitrogen and oxygen atoms in total. The number of rotatable bonds is 9. The Hall–Kier alpha value is -4.03. The minimum atomic E-state index is -0.285. The molecule has 6 heteroatoms. The van der Waals surface area contributed by atoms with Crippen molar-refractivity contribution >= 4 is 5.91 Å². The Bertz CT molecular complexity index is 1300. The molecule has 5 rings (SSSR count). The molecular formula is C31H29FN2O3. The Morgan fingerprint density at radius 2 is 1.81 bits per heavy atom. The first-order chi connectivity index (χ1) is 18.1. The van der Waals surface area contributed by atoms with Crippen molar-refractivity contribution < 1.29 is 18.7 Å². The molecule has 37 heavy (non-hydrogen) atoms. The van der Waals surface area contributed by atoms with Gasteiger partial charge < -0.3 is 14.4 Å². The largest absolute Gasteiger partial charge is 0.489 e. The van der Waals surface area contributed by atoms with E-state index in [0.29, 0.717) is 25.3 Å². The van der Waals surface area contributed by atoms with Gasteiger partial charge in [0, 0.05) is 43.2 Å². The Kier molecular flexibility index (Phi) is 7.87. The average molecular weight is 497 g/mol. The predicted molar refractivity (Wildman–Crippen MR) is 141 cm³/mol. The quantitative estimate of drug-likeness (QED) is 0.273. The Morgan fingerprint density at radius 3 is 2.54 bits per heavy atom. The van der Waals surface area contributed by atoms with Crippen LogP contribution in [0.15, 0.2) is 97.3 Å². The fourth-order valence-electron chi connectivity index (χ4n) is 4.47. The Balaban J connectivity index is 1.31. The van der Waals surface area contributed by atoms with E-state index in [2.05, 4.69) is 4.98 Å². The summed E-state index contributed by atoms with van der Waals surface area (Å²) in [5.74, 6) is 0.417. The van der Waals surface area contributed by atoms with Gasteiger partial charge in [0.2, 0.25) is 0 Å². The highest BCUT2D eigenvalue weighted by Crippen LogP contribution is 2.24. The number of amides is 1. The van der Waals surface area contributed by atoms with Crippen molar-refractivity contribution in [3.8, 4) is 16.9 Å². The van der Waals surface area contributed by atoms with Crippen LogP contribution in [0.2, 0.25) is 0 Å². The van der Waals surface area contributed by atoms with Gasteiger partial charge in [0.1, 0.15) is 18.2 Å². The molecule has 0 bridgehead atoms. The molecule has 4 aromatic rings. The van der Waals surface area contributed by atoms with Gasteiger partial charge in [0.15, 0.2) is 0 Å². The number of ether oxygens (including phenoxy) is 2. The zero-order valence-corrected chi connectivity index (χ0v) is 20.6. The van der Waals surface area contributed by atoms with E-state index < -0.39 is 0 Å². The van der Waals surface area contributed by atoms with Crippen LogP contribution in [0.1, 0.15) is 34.3 Å². The number of nitrogens with zero attached hydrogens (tertiary/aromatic N) is 2. The van der Waals surface area contributed by atoms with Gasteiger partial charge in [-0.25, -0.2) is 4.39 Å². The van der Waals surface area contributed by atoms with Crippen LogP contribution in [-0.4, -0.2) is 35.0 Å². The number of halogens is 1. The zero-order valence-electron chi connectivity index (χ0n) is 20.6. The normalized spacial score (nSPS) is 14.9. The molecular weight excluding hydrogens is 467 g/mol. The SMILES string of the molecule is O=C(c1cccc(-c2ccc(F)cc2)c1)N(Cc1ccc(OCc2cccnc2)cc1)CC1CCCO1. The van der Waals surface area contributed by atoms with Crippen LogP contribution >= 0.6 is 0 Å². The third-order valence-electron chi connectivity index (χ3n) is 6.45. The Morgan fingerprint density at radius 1 is 0.973 bits per heavy atom. The van der Waals surface area contributed by atoms with E-state index in [-0.39, 0.29) is 17.8 Å². The van der Waals surface area contributed by atoms with Crippen LogP contribution in [0.3, 0.4) is 0 Å². The molecule has 1 aliphatic heterocycles. The second kappa shape index (κ2) is 11.8. The van der Waals surface area contributed by atoms with Crippen LogP contribution in [0.4, 0.5) is 4.39 Å². The molecule has 1 amide bonds. The van der Waals surface area contributed by atoms with Crippen LogP contribution in [-0.2, 0) is 17.9 Å². The topological polar surface area (TPSA) is 51.7 Å². The highest BCUT2D eigenvalue weighted by Gasteiger charge is 2.24. The van der Waals surface area contributed by atoms with Gasteiger partial charge in [0.25, 0.3) is 5.91 Å². The van der Waals surface area contributed by atoms with Gasteiger partial charge in [-0.1, -0.05) is 42.5 Å². The molecule has 0 N–H and O–H groups in total. The summed E-state index contributed by atoms with van der Waals surface area (Å²) in [7, 11) is 0. The summed E-state index contributed by atoms with van der Waals surface area (Å²) in [5, 5.41) is 0. The minimum absolute atomic E-state index is 0.0336. The molecule has 2 heterocycles. The van der Waals surface area contributed by atoms with Gasteiger partial charge in [-0.3, -0.25) is 9.78 Å². The summed E-state index contributed by atoms with van der Waals surface area (Å²) in [6.07, 6.45) is 5.51. The van der Waals surface area contributed by atoms with Gasteiger partial charge in [-0.05, 0) is 72.0 Å². The number of carbonyl (C=O) groups is 1. The van der Waals surface area contributed by atoms with E-state index >= 15 is 0 Å². The van der Waals surface area contributed by atoms with E-state index in [1.54, 1.807) is 24.5 Å². The van der Waals surface area contributed by atoms with Gasteiger partial charge in [0.05, 0.1) is 6.10 Å². The summed E-state index contributed by atoms with van der Waals surface area (Å²) < 4.78 is 25.1. The molecule has 0 aliphatic carbocycles. The van der Waals surface area contributed by atoms with Gasteiger partial charge in [-0.15, -0.1) is 0 Å². The van der Waals surface area contributed by atoms with E-state index in [1.165, 1.54) is 12.1 Å². The maximum Gasteiger partial charge on any atom is 0.254 e. The molecule has 1 aromatic heterocycles. The molecule has 1 unspecified atom stereocenters. The summed E-state index contributed by atoms with van der Waals surface area (Å²) in [6.45, 7) is 2.16. The van der Waals surface area contributed by atoms with Crippen LogP contribution < -0.4 is 4.74 Å². The van der Waals surface area contributed by atoms with E-state index in [9.17, 15) is 9.18 Å². The molecule has 1 atom stereocenters. The number of hydrogen-bond acceptors (Lipinski definition) is 4. The third-order valence-corrected chi connectivity index (χ3v) is 6.45. The van der Waals surface area contributed by atoms with Gasteiger partial charge in [-0.2, -0.15) is 0 Å². The highest BCUT2D eigenvalue weighted by molar-refractivity contribution is 5.95. The van der Waals surface area contributed by atoms with Crippen molar-refractivity contribution in [2.75, 3.05) is 13.2 Å². The lowest BCUT2D eigenvalue weighted by Crippen LogP contribution is -2.37. The molecule has 1 saturated heterocycles. The smallest absolute Gasteiger partial charge is 0.254 e. The van der Waals surface area contributed by atoms with Crippen molar-refractivity contribution in [1.82, 2.24) is 9.88 Å². The van der Waals surface area contributed by atoms with Crippen molar-refractivity contribution in [3.63, 3.8) is 0 Å². The second-order valence-electron chi connectivity index (χ2n) is 9.20. The molecule has 1 aliphatic rings. The first-order valence-electron chi connectivity index (χ1n) is 12.5. The molecule has 3 aromatic carbocycles. The first kappa shape index (κ1) is 24.7. The minimum Gasteiger partial charge on any atom is -0.489 e. The van der Waals surface area contributed by atoms with E-state index in [4.69, 9.17) is 9.47 Å². The van der Waals surface area contributed by atoms with E-state index in [1.807, 2.05) is 65.6 Å². The lowest BCUT2D eigenvalue weighted by atomic mass is 10.0.